The molecule has 12 heteroatoms. The van der Waals surface area contributed by atoms with Crippen LogP contribution in [0.5, 0.6) is 11.5 Å². The quantitative estimate of drug-likeness (QED) is 0.282. The van der Waals surface area contributed by atoms with Crippen LogP contribution in [0.3, 0.4) is 0 Å². The lowest BCUT2D eigenvalue weighted by Crippen LogP contribution is -2.13. The number of rotatable bonds is 5. The number of phenolic OH excluding ortho intramolecular Hbond substituents is 1. The van der Waals surface area contributed by atoms with E-state index in [-0.39, 0.29) is 11.1 Å². The van der Waals surface area contributed by atoms with Crippen molar-refractivity contribution in [3.63, 3.8) is 0 Å². The Balaban J connectivity index is 2.55. The van der Waals surface area contributed by atoms with E-state index >= 15 is 0 Å². The van der Waals surface area contributed by atoms with Crippen LogP contribution in [0, 0.1) is 0 Å². The Morgan fingerprint density at radius 3 is 1.92 bits per heavy atom. The Morgan fingerprint density at radius 2 is 1.46 bits per heavy atom. The summed E-state index contributed by atoms with van der Waals surface area (Å²) in [6, 6.07) is 5.58. The molecule has 0 aromatic heterocycles. The summed E-state index contributed by atoms with van der Waals surface area (Å²) in [7, 11) is -10.0. The topological polar surface area (TPSA) is 172 Å². The number of aldehydes is 1. The van der Waals surface area contributed by atoms with E-state index in [9.17, 15) is 31.5 Å². The molecule has 0 aliphatic rings. The predicted octanol–water partition coefficient (Wildman–Crippen LogP) is 0.917. The first kappa shape index (κ1) is 19.5. The Morgan fingerprint density at radius 1 is 0.923 bits per heavy atom. The van der Waals surface area contributed by atoms with E-state index in [4.69, 9.17) is 13.8 Å². The highest BCUT2D eigenvalue weighted by molar-refractivity contribution is 7.86. The number of esters is 1. The third-order valence-electron chi connectivity index (χ3n) is 3.07. The molecule has 0 amide bonds. The van der Waals surface area contributed by atoms with Gasteiger partial charge in [0.25, 0.3) is 20.2 Å². The zero-order valence-electron chi connectivity index (χ0n) is 12.6. The fourth-order valence-corrected chi connectivity index (χ4v) is 3.07. The van der Waals surface area contributed by atoms with Crippen molar-refractivity contribution in [1.29, 1.82) is 0 Å². The van der Waals surface area contributed by atoms with E-state index < -0.39 is 47.5 Å². The summed E-state index contributed by atoms with van der Waals surface area (Å²) in [4.78, 5) is 20.4. The second kappa shape index (κ2) is 6.84. The maximum absolute atomic E-state index is 12.1. The molecule has 0 bridgehead atoms. The zero-order chi connectivity index (χ0) is 19.7. The van der Waals surface area contributed by atoms with Crippen molar-refractivity contribution in [2.24, 2.45) is 0 Å². The van der Waals surface area contributed by atoms with Gasteiger partial charge in [0, 0.05) is 17.7 Å². The van der Waals surface area contributed by atoms with Crippen LogP contribution >= 0.6 is 0 Å². The minimum Gasteiger partial charge on any atom is -0.506 e. The van der Waals surface area contributed by atoms with Crippen molar-refractivity contribution in [3.05, 3.63) is 47.5 Å². The second-order valence-corrected chi connectivity index (χ2v) is 7.63. The normalized spacial score (nSPS) is 11.8. The minimum absolute atomic E-state index is 0.127. The van der Waals surface area contributed by atoms with Crippen LogP contribution < -0.4 is 4.74 Å². The average molecular weight is 402 g/mol. The SMILES string of the molecule is O=Cc1ccc(C(=O)Oc2cc(S(=O)(=O)O)c(O)cc2S(=O)(=O)O)cc1. The number of benzene rings is 2. The van der Waals surface area contributed by atoms with Crippen LogP contribution in [0.1, 0.15) is 20.7 Å². The fourth-order valence-electron chi connectivity index (χ4n) is 1.88. The summed E-state index contributed by atoms with van der Waals surface area (Å²) in [5.74, 6) is -3.28. The molecule has 26 heavy (non-hydrogen) atoms. The Labute approximate surface area is 147 Å². The monoisotopic (exact) mass is 402 g/mol. The summed E-state index contributed by atoms with van der Waals surface area (Å²) in [5, 5.41) is 9.54. The average Bonchev–Trinajstić information content (AvgIpc) is 2.54. The molecule has 0 spiro atoms. The van der Waals surface area contributed by atoms with Gasteiger partial charge in [-0.05, 0) is 12.1 Å². The molecule has 0 radical (unpaired) electrons. The first-order chi connectivity index (χ1) is 11.9. The molecule has 3 N–H and O–H groups in total. The van der Waals surface area contributed by atoms with Crippen LogP contribution in [0.2, 0.25) is 0 Å². The number of carbonyl (C=O) groups is 2. The third-order valence-corrected chi connectivity index (χ3v) is 4.82. The van der Waals surface area contributed by atoms with Gasteiger partial charge in [-0.15, -0.1) is 0 Å². The first-order valence-electron chi connectivity index (χ1n) is 6.53. The summed E-state index contributed by atoms with van der Waals surface area (Å²) in [6.45, 7) is 0. The molecule has 0 saturated carbocycles. The first-order valence-corrected chi connectivity index (χ1v) is 9.41. The molecular formula is C14H10O10S2. The van der Waals surface area contributed by atoms with Crippen LogP contribution in [0.15, 0.2) is 46.2 Å². The Bertz CT molecular complexity index is 1080. The number of ether oxygens (including phenoxy) is 1. The second-order valence-electron chi connectivity index (χ2n) is 4.85. The van der Waals surface area contributed by atoms with Crippen molar-refractivity contribution in [2.75, 3.05) is 0 Å². The summed E-state index contributed by atoms with van der Waals surface area (Å²) < 4.78 is 68.1. The van der Waals surface area contributed by atoms with Crippen LogP contribution in [0.25, 0.3) is 0 Å². The molecule has 2 rings (SSSR count). The van der Waals surface area contributed by atoms with E-state index in [2.05, 4.69) is 0 Å². The number of carbonyl (C=O) groups excluding carboxylic acids is 2. The van der Waals surface area contributed by atoms with Gasteiger partial charge in [-0.25, -0.2) is 4.79 Å². The van der Waals surface area contributed by atoms with Gasteiger partial charge in [0.15, 0.2) is 5.75 Å². The van der Waals surface area contributed by atoms with Gasteiger partial charge >= 0.3 is 5.97 Å². The Kier molecular flexibility index (Phi) is 5.13. The van der Waals surface area contributed by atoms with Crippen LogP contribution in [0.4, 0.5) is 0 Å². The summed E-state index contributed by atoms with van der Waals surface area (Å²) in [6.07, 6.45) is 0.518. The van der Waals surface area contributed by atoms with Gasteiger partial charge < -0.3 is 9.84 Å². The largest absolute Gasteiger partial charge is 0.506 e. The number of hydrogen-bond donors (Lipinski definition) is 3. The molecule has 2 aromatic rings. The van der Waals surface area contributed by atoms with E-state index in [1.807, 2.05) is 0 Å². The maximum Gasteiger partial charge on any atom is 0.343 e. The molecule has 10 nitrogen and oxygen atoms in total. The van der Waals surface area contributed by atoms with Crippen LogP contribution in [-0.4, -0.2) is 43.3 Å². The van der Waals surface area contributed by atoms with Gasteiger partial charge in [0.2, 0.25) is 0 Å². The van der Waals surface area contributed by atoms with E-state index in [0.717, 1.165) is 0 Å². The Hall–Kier alpha value is -2.80. The highest BCUT2D eigenvalue weighted by Crippen LogP contribution is 2.34. The molecule has 0 saturated heterocycles. The van der Waals surface area contributed by atoms with Gasteiger partial charge in [0.1, 0.15) is 21.8 Å². The zero-order valence-corrected chi connectivity index (χ0v) is 14.2. The van der Waals surface area contributed by atoms with E-state index in [0.29, 0.717) is 18.4 Å². The number of aromatic hydroxyl groups is 1. The van der Waals surface area contributed by atoms with E-state index in [1.54, 1.807) is 0 Å². The van der Waals surface area contributed by atoms with Crippen LogP contribution in [-0.2, 0) is 20.2 Å². The van der Waals surface area contributed by atoms with Gasteiger partial charge in [-0.2, -0.15) is 16.8 Å². The molecule has 138 valence electrons. The van der Waals surface area contributed by atoms with Crippen molar-refractivity contribution in [1.82, 2.24) is 0 Å². The highest BCUT2D eigenvalue weighted by Gasteiger charge is 2.26. The minimum atomic E-state index is -5.02. The van der Waals surface area contributed by atoms with Crippen molar-refractivity contribution >= 4 is 32.5 Å². The maximum atomic E-state index is 12.1. The predicted molar refractivity (Wildman–Crippen MR) is 84.5 cm³/mol. The van der Waals surface area contributed by atoms with E-state index in [1.165, 1.54) is 24.3 Å². The van der Waals surface area contributed by atoms with Gasteiger partial charge in [-0.1, -0.05) is 12.1 Å². The van der Waals surface area contributed by atoms with Gasteiger partial charge in [-0.3, -0.25) is 13.9 Å². The molecule has 0 aliphatic heterocycles. The lowest BCUT2D eigenvalue weighted by molar-refractivity contribution is 0.0729. The standard InChI is InChI=1S/C14H10O10S2/c15-7-8-1-3-9(4-2-8)14(17)24-11-6-12(25(18,19)20)10(16)5-13(11)26(21,22)23/h1-7,16H,(H,18,19,20)(H,21,22,23). The number of phenols is 1. The summed E-state index contributed by atoms with van der Waals surface area (Å²) >= 11 is 0. The summed E-state index contributed by atoms with van der Waals surface area (Å²) in [5.41, 5.74) is 0.122. The molecule has 2 aromatic carbocycles. The molecule has 0 unspecified atom stereocenters. The molecular weight excluding hydrogens is 392 g/mol. The van der Waals surface area contributed by atoms with Crippen molar-refractivity contribution in [3.8, 4) is 11.5 Å². The molecule has 0 atom stereocenters. The lowest BCUT2D eigenvalue weighted by Gasteiger charge is -2.11. The molecule has 0 heterocycles. The highest BCUT2D eigenvalue weighted by atomic mass is 32.2. The van der Waals surface area contributed by atoms with Crippen molar-refractivity contribution in [2.45, 2.75) is 9.79 Å². The fraction of sp³-hybridized carbons (Fsp3) is 0. The number of hydrogen-bond acceptors (Lipinski definition) is 8. The third kappa shape index (κ3) is 4.23. The lowest BCUT2D eigenvalue weighted by atomic mass is 10.1. The smallest absolute Gasteiger partial charge is 0.343 e. The molecule has 0 fully saturated rings. The van der Waals surface area contributed by atoms with Crippen molar-refractivity contribution < 1.29 is 45.4 Å². The molecule has 0 aliphatic carbocycles. The van der Waals surface area contributed by atoms with Gasteiger partial charge in [0.05, 0.1) is 5.56 Å².